The first-order valence-corrected chi connectivity index (χ1v) is 8.75. The first-order chi connectivity index (χ1) is 12.3. The van der Waals surface area contributed by atoms with Gasteiger partial charge < -0.3 is 10.2 Å². The molecule has 2 heterocycles. The molecule has 2 aromatic carbocycles. The van der Waals surface area contributed by atoms with E-state index in [4.69, 9.17) is 0 Å². The van der Waals surface area contributed by atoms with Gasteiger partial charge in [0.1, 0.15) is 6.33 Å². The molecule has 0 aliphatic carbocycles. The van der Waals surface area contributed by atoms with Gasteiger partial charge in [-0.3, -0.25) is 9.36 Å². The van der Waals surface area contributed by atoms with Crippen LogP contribution in [0.2, 0.25) is 0 Å². The summed E-state index contributed by atoms with van der Waals surface area (Å²) in [5.41, 5.74) is 3.79. The van der Waals surface area contributed by atoms with Crippen LogP contribution >= 0.6 is 24.8 Å². The Balaban J connectivity index is 0.00000131. The Morgan fingerprint density at radius 3 is 2.37 bits per heavy atom. The molecule has 5 nitrogen and oxygen atoms in total. The molecule has 1 N–H and O–H groups in total. The van der Waals surface area contributed by atoms with Crippen molar-refractivity contribution in [2.45, 2.75) is 18.9 Å². The minimum atomic E-state index is 0. The minimum Gasteiger partial charge on any atom is -0.339 e. The van der Waals surface area contributed by atoms with Crippen LogP contribution in [0.5, 0.6) is 0 Å². The van der Waals surface area contributed by atoms with Crippen LogP contribution < -0.4 is 5.32 Å². The molecule has 0 unspecified atom stereocenters. The standard InChI is InChI=1S/C20H22N4O.2ClH/c1-21-16-10-12-23(13-11-16)20(25)15-6-8-17(9-7-15)24-14-22-18-4-2-3-5-19(18)24;;/h2-9,14,16,21H,10-13H2,1H3;2*1H. The van der Waals surface area contributed by atoms with E-state index in [1.54, 1.807) is 0 Å². The number of imidazole rings is 1. The monoisotopic (exact) mass is 406 g/mol. The molecule has 144 valence electrons. The van der Waals surface area contributed by atoms with E-state index in [-0.39, 0.29) is 30.7 Å². The van der Waals surface area contributed by atoms with E-state index in [2.05, 4.69) is 10.3 Å². The lowest BCUT2D eigenvalue weighted by molar-refractivity contribution is 0.0707. The molecule has 0 spiro atoms. The Morgan fingerprint density at radius 1 is 1.04 bits per heavy atom. The second kappa shape index (κ2) is 9.22. The lowest BCUT2D eigenvalue weighted by Gasteiger charge is -2.31. The second-order valence-corrected chi connectivity index (χ2v) is 6.51. The van der Waals surface area contributed by atoms with Gasteiger partial charge in [-0.25, -0.2) is 4.98 Å². The van der Waals surface area contributed by atoms with Crippen LogP contribution in [-0.2, 0) is 0 Å². The molecule has 0 saturated carbocycles. The lowest BCUT2D eigenvalue weighted by atomic mass is 10.0. The molecular formula is C20H24Cl2N4O. The van der Waals surface area contributed by atoms with E-state index in [0.29, 0.717) is 6.04 Å². The van der Waals surface area contributed by atoms with Crippen LogP contribution in [0.15, 0.2) is 54.9 Å². The van der Waals surface area contributed by atoms with Gasteiger partial charge in [-0.2, -0.15) is 0 Å². The van der Waals surface area contributed by atoms with Crippen molar-refractivity contribution in [3.05, 3.63) is 60.4 Å². The van der Waals surface area contributed by atoms with Crippen molar-refractivity contribution in [2.75, 3.05) is 20.1 Å². The summed E-state index contributed by atoms with van der Waals surface area (Å²) in [6.45, 7) is 1.64. The fraction of sp³-hybridized carbons (Fsp3) is 0.300. The third kappa shape index (κ3) is 4.26. The molecule has 1 fully saturated rings. The van der Waals surface area contributed by atoms with Crippen LogP contribution in [0.3, 0.4) is 0 Å². The average Bonchev–Trinajstić information content (AvgIpc) is 3.12. The Hall–Kier alpha value is -2.08. The van der Waals surface area contributed by atoms with Gasteiger partial charge in [0, 0.05) is 30.4 Å². The zero-order valence-corrected chi connectivity index (χ0v) is 16.8. The Labute approximate surface area is 171 Å². The van der Waals surface area contributed by atoms with Gasteiger partial charge in [0.25, 0.3) is 5.91 Å². The lowest BCUT2D eigenvalue weighted by Crippen LogP contribution is -2.43. The van der Waals surface area contributed by atoms with Crippen molar-refractivity contribution >= 4 is 41.8 Å². The highest BCUT2D eigenvalue weighted by molar-refractivity contribution is 5.94. The molecule has 1 saturated heterocycles. The highest BCUT2D eigenvalue weighted by Gasteiger charge is 2.22. The molecule has 1 aromatic heterocycles. The first-order valence-electron chi connectivity index (χ1n) is 8.75. The van der Waals surface area contributed by atoms with Crippen LogP contribution in [0.1, 0.15) is 23.2 Å². The molecule has 1 aliphatic rings. The van der Waals surface area contributed by atoms with Crippen LogP contribution in [-0.4, -0.2) is 46.5 Å². The van der Waals surface area contributed by atoms with E-state index in [1.807, 2.05) is 71.4 Å². The quantitative estimate of drug-likeness (QED) is 0.721. The number of nitrogens with one attached hydrogen (secondary N) is 1. The number of carbonyl (C=O) groups excluding carboxylic acids is 1. The summed E-state index contributed by atoms with van der Waals surface area (Å²) in [7, 11) is 1.99. The number of halogens is 2. The van der Waals surface area contributed by atoms with E-state index >= 15 is 0 Å². The number of rotatable bonds is 3. The van der Waals surface area contributed by atoms with Gasteiger partial charge in [0.05, 0.1) is 11.0 Å². The number of nitrogens with zero attached hydrogens (tertiary/aromatic N) is 3. The number of para-hydroxylation sites is 2. The molecule has 1 aliphatic heterocycles. The van der Waals surface area contributed by atoms with Gasteiger partial charge in [-0.15, -0.1) is 24.8 Å². The molecule has 4 rings (SSSR count). The number of amides is 1. The number of hydrogen-bond donors (Lipinski definition) is 1. The van der Waals surface area contributed by atoms with Crippen molar-refractivity contribution in [3.8, 4) is 5.69 Å². The number of likely N-dealkylation sites (tertiary alicyclic amines) is 1. The van der Waals surface area contributed by atoms with Gasteiger partial charge in [0.2, 0.25) is 0 Å². The summed E-state index contributed by atoms with van der Waals surface area (Å²) in [6, 6.07) is 16.4. The van der Waals surface area contributed by atoms with Crippen molar-refractivity contribution in [1.82, 2.24) is 19.8 Å². The summed E-state index contributed by atoms with van der Waals surface area (Å²) < 4.78 is 2.04. The molecule has 7 heteroatoms. The number of hydrogen-bond acceptors (Lipinski definition) is 3. The Bertz CT molecular complexity index is 886. The maximum atomic E-state index is 12.7. The van der Waals surface area contributed by atoms with Crippen molar-refractivity contribution < 1.29 is 4.79 Å². The van der Waals surface area contributed by atoms with Crippen LogP contribution in [0.4, 0.5) is 0 Å². The highest BCUT2D eigenvalue weighted by Crippen LogP contribution is 2.19. The summed E-state index contributed by atoms with van der Waals surface area (Å²) in [5.74, 6) is 0.122. The first kappa shape index (κ1) is 21.2. The van der Waals surface area contributed by atoms with Gasteiger partial charge >= 0.3 is 0 Å². The molecule has 0 bridgehead atoms. The predicted molar refractivity (Wildman–Crippen MR) is 114 cm³/mol. The molecular weight excluding hydrogens is 383 g/mol. The molecule has 27 heavy (non-hydrogen) atoms. The van der Waals surface area contributed by atoms with Gasteiger partial charge in [0.15, 0.2) is 0 Å². The topological polar surface area (TPSA) is 50.2 Å². The SMILES string of the molecule is CNC1CCN(C(=O)c2ccc(-n3cnc4ccccc43)cc2)CC1.Cl.Cl. The molecule has 1 amide bonds. The van der Waals surface area contributed by atoms with Crippen LogP contribution in [0, 0.1) is 0 Å². The number of benzene rings is 2. The number of fused-ring (bicyclic) bond motifs is 1. The second-order valence-electron chi connectivity index (χ2n) is 6.51. The highest BCUT2D eigenvalue weighted by atomic mass is 35.5. The predicted octanol–water partition coefficient (Wildman–Crippen LogP) is 3.69. The third-order valence-corrected chi connectivity index (χ3v) is 5.04. The minimum absolute atomic E-state index is 0. The fourth-order valence-electron chi connectivity index (χ4n) is 3.48. The van der Waals surface area contributed by atoms with Crippen LogP contribution in [0.25, 0.3) is 16.7 Å². The van der Waals surface area contributed by atoms with Crippen molar-refractivity contribution in [3.63, 3.8) is 0 Å². The zero-order valence-electron chi connectivity index (χ0n) is 15.2. The molecule has 0 radical (unpaired) electrons. The van der Waals surface area contributed by atoms with Crippen molar-refractivity contribution in [2.24, 2.45) is 0 Å². The number of carbonyl (C=O) groups is 1. The average molecular weight is 407 g/mol. The number of aromatic nitrogens is 2. The normalized spacial score (nSPS) is 14.5. The third-order valence-electron chi connectivity index (χ3n) is 5.04. The maximum absolute atomic E-state index is 12.7. The zero-order chi connectivity index (χ0) is 17.2. The Morgan fingerprint density at radius 2 is 1.70 bits per heavy atom. The molecule has 0 atom stereocenters. The van der Waals surface area contributed by atoms with E-state index in [1.165, 1.54) is 0 Å². The summed E-state index contributed by atoms with van der Waals surface area (Å²) in [6.07, 6.45) is 3.85. The maximum Gasteiger partial charge on any atom is 0.253 e. The van der Waals surface area contributed by atoms with E-state index in [0.717, 1.165) is 48.2 Å². The number of piperidine rings is 1. The Kier molecular flexibility index (Phi) is 7.25. The smallest absolute Gasteiger partial charge is 0.253 e. The fourth-order valence-corrected chi connectivity index (χ4v) is 3.48. The molecule has 3 aromatic rings. The summed E-state index contributed by atoms with van der Waals surface area (Å²) in [4.78, 5) is 19.1. The van der Waals surface area contributed by atoms with E-state index < -0.39 is 0 Å². The summed E-state index contributed by atoms with van der Waals surface area (Å²) in [5, 5.41) is 3.29. The van der Waals surface area contributed by atoms with Gasteiger partial charge in [-0.05, 0) is 56.3 Å². The van der Waals surface area contributed by atoms with Crippen molar-refractivity contribution in [1.29, 1.82) is 0 Å². The largest absolute Gasteiger partial charge is 0.339 e. The summed E-state index contributed by atoms with van der Waals surface area (Å²) >= 11 is 0. The van der Waals surface area contributed by atoms with E-state index in [9.17, 15) is 4.79 Å². The van der Waals surface area contributed by atoms with Gasteiger partial charge in [-0.1, -0.05) is 12.1 Å².